The van der Waals surface area contributed by atoms with Crippen molar-refractivity contribution in [3.8, 4) is 0 Å². The number of aliphatic hydroxyl groups is 3. The van der Waals surface area contributed by atoms with Crippen LogP contribution >= 0.6 is 0 Å². The SMILES string of the molecule is CC(=O)OC(CO)C(OC(C)=O)C(=O)C(O)CO. The second-order valence-corrected chi connectivity index (χ2v) is 3.46. The summed E-state index contributed by atoms with van der Waals surface area (Å²) in [4.78, 5) is 33.2. The zero-order valence-corrected chi connectivity index (χ0v) is 10.0. The van der Waals surface area contributed by atoms with Crippen LogP contribution < -0.4 is 0 Å². The number of aliphatic hydroxyl groups excluding tert-OH is 3. The third-order valence-corrected chi connectivity index (χ3v) is 1.91. The Morgan fingerprint density at radius 2 is 1.50 bits per heavy atom. The third-order valence-electron chi connectivity index (χ3n) is 1.91. The van der Waals surface area contributed by atoms with Crippen molar-refractivity contribution in [2.75, 3.05) is 13.2 Å². The number of ether oxygens (including phenoxy) is 2. The van der Waals surface area contributed by atoms with Crippen molar-refractivity contribution in [2.24, 2.45) is 0 Å². The van der Waals surface area contributed by atoms with Gasteiger partial charge in [-0.1, -0.05) is 0 Å². The molecule has 0 fully saturated rings. The van der Waals surface area contributed by atoms with Gasteiger partial charge in [0.25, 0.3) is 0 Å². The Bertz CT molecular complexity index is 313. The highest BCUT2D eigenvalue weighted by Gasteiger charge is 2.36. The molecule has 0 aliphatic carbocycles. The molecule has 0 rings (SSSR count). The van der Waals surface area contributed by atoms with Gasteiger partial charge < -0.3 is 24.8 Å². The maximum Gasteiger partial charge on any atom is 0.303 e. The average Bonchev–Trinajstić information content (AvgIpc) is 2.30. The molecule has 0 amide bonds. The highest BCUT2D eigenvalue weighted by Crippen LogP contribution is 2.09. The number of Topliss-reactive ketones (excluding diaryl/α,β-unsaturated/α-hetero) is 1. The molecule has 0 radical (unpaired) electrons. The van der Waals surface area contributed by atoms with Gasteiger partial charge in [0.1, 0.15) is 6.10 Å². The molecular weight excluding hydrogens is 248 g/mol. The summed E-state index contributed by atoms with van der Waals surface area (Å²) >= 11 is 0. The zero-order chi connectivity index (χ0) is 14.3. The van der Waals surface area contributed by atoms with E-state index in [9.17, 15) is 19.5 Å². The molecule has 0 aromatic rings. The molecule has 8 heteroatoms. The van der Waals surface area contributed by atoms with Crippen LogP contribution in [-0.2, 0) is 23.9 Å². The minimum atomic E-state index is -1.79. The van der Waals surface area contributed by atoms with Crippen LogP contribution in [0.25, 0.3) is 0 Å². The summed E-state index contributed by atoms with van der Waals surface area (Å²) in [6, 6.07) is 0. The van der Waals surface area contributed by atoms with Crippen LogP contribution in [0.4, 0.5) is 0 Å². The Labute approximate surface area is 103 Å². The van der Waals surface area contributed by atoms with Crippen LogP contribution in [0.2, 0.25) is 0 Å². The molecule has 0 aliphatic rings. The number of hydrogen-bond donors (Lipinski definition) is 3. The number of carbonyl (C=O) groups excluding carboxylic acids is 3. The van der Waals surface area contributed by atoms with E-state index in [1.165, 1.54) is 0 Å². The fourth-order valence-electron chi connectivity index (χ4n) is 1.18. The number of rotatable bonds is 7. The van der Waals surface area contributed by atoms with Gasteiger partial charge in [0.05, 0.1) is 13.2 Å². The van der Waals surface area contributed by atoms with E-state index in [2.05, 4.69) is 9.47 Å². The molecule has 3 unspecified atom stereocenters. The molecule has 0 aromatic carbocycles. The van der Waals surface area contributed by atoms with E-state index in [1.807, 2.05) is 0 Å². The summed E-state index contributed by atoms with van der Waals surface area (Å²) in [7, 11) is 0. The normalized spacial score (nSPS) is 15.4. The maximum atomic E-state index is 11.6. The molecule has 3 atom stereocenters. The van der Waals surface area contributed by atoms with Crippen molar-refractivity contribution in [2.45, 2.75) is 32.2 Å². The number of esters is 2. The Balaban J connectivity index is 4.99. The third kappa shape index (κ3) is 5.21. The van der Waals surface area contributed by atoms with Crippen LogP contribution in [0.3, 0.4) is 0 Å². The molecule has 104 valence electrons. The van der Waals surface area contributed by atoms with E-state index in [1.54, 1.807) is 0 Å². The van der Waals surface area contributed by atoms with Crippen molar-refractivity contribution < 1.29 is 39.2 Å². The maximum absolute atomic E-state index is 11.6. The van der Waals surface area contributed by atoms with Gasteiger partial charge in [0, 0.05) is 13.8 Å². The predicted molar refractivity (Wildman–Crippen MR) is 56.3 cm³/mol. The van der Waals surface area contributed by atoms with E-state index in [-0.39, 0.29) is 0 Å². The Kier molecular flexibility index (Phi) is 7.10. The van der Waals surface area contributed by atoms with Crippen molar-refractivity contribution >= 4 is 17.7 Å². The number of hydrogen-bond acceptors (Lipinski definition) is 8. The summed E-state index contributed by atoms with van der Waals surface area (Å²) in [5.74, 6) is -2.71. The lowest BCUT2D eigenvalue weighted by Gasteiger charge is -2.24. The molecule has 0 aromatic heterocycles. The standard InChI is InChI=1S/C10H16O8/c1-5(13)17-8(4-12)10(18-6(2)14)9(16)7(15)3-11/h7-8,10-12,15H,3-4H2,1-2H3. The van der Waals surface area contributed by atoms with Crippen molar-refractivity contribution in [1.82, 2.24) is 0 Å². The lowest BCUT2D eigenvalue weighted by atomic mass is 10.1. The van der Waals surface area contributed by atoms with Crippen LogP contribution in [0.15, 0.2) is 0 Å². The quantitative estimate of drug-likeness (QED) is 0.440. The molecule has 0 spiro atoms. The first-order valence-electron chi connectivity index (χ1n) is 5.11. The van der Waals surface area contributed by atoms with Gasteiger partial charge in [-0.3, -0.25) is 14.4 Å². The smallest absolute Gasteiger partial charge is 0.303 e. The molecule has 0 bridgehead atoms. The van der Waals surface area contributed by atoms with E-state index in [0.29, 0.717) is 0 Å². The average molecular weight is 264 g/mol. The molecule has 18 heavy (non-hydrogen) atoms. The summed E-state index contributed by atoms with van der Waals surface area (Å²) in [6.07, 6.45) is -4.89. The van der Waals surface area contributed by atoms with Gasteiger partial charge in [-0.05, 0) is 0 Å². The Hall–Kier alpha value is -1.51. The first-order valence-corrected chi connectivity index (χ1v) is 5.11. The van der Waals surface area contributed by atoms with Gasteiger partial charge in [0.15, 0.2) is 6.10 Å². The lowest BCUT2D eigenvalue weighted by Crippen LogP contribution is -2.47. The topological polar surface area (TPSA) is 130 Å². The van der Waals surface area contributed by atoms with E-state index < -0.39 is 49.2 Å². The predicted octanol–water partition coefficient (Wildman–Crippen LogP) is -2.24. The molecule has 0 saturated carbocycles. The summed E-state index contributed by atoms with van der Waals surface area (Å²) in [5, 5.41) is 26.8. The van der Waals surface area contributed by atoms with E-state index in [0.717, 1.165) is 13.8 Å². The van der Waals surface area contributed by atoms with Gasteiger partial charge in [-0.2, -0.15) is 0 Å². The molecule has 0 saturated heterocycles. The molecule has 0 heterocycles. The second-order valence-electron chi connectivity index (χ2n) is 3.46. The first kappa shape index (κ1) is 16.5. The molecule has 8 nitrogen and oxygen atoms in total. The largest absolute Gasteiger partial charge is 0.456 e. The van der Waals surface area contributed by atoms with Gasteiger partial charge in [0.2, 0.25) is 11.9 Å². The Morgan fingerprint density at radius 3 is 1.83 bits per heavy atom. The van der Waals surface area contributed by atoms with Crippen LogP contribution in [0.1, 0.15) is 13.8 Å². The number of carbonyl (C=O) groups is 3. The van der Waals surface area contributed by atoms with Crippen LogP contribution in [0.5, 0.6) is 0 Å². The van der Waals surface area contributed by atoms with Crippen LogP contribution in [0, 0.1) is 0 Å². The highest BCUT2D eigenvalue weighted by molar-refractivity contribution is 5.89. The monoisotopic (exact) mass is 264 g/mol. The van der Waals surface area contributed by atoms with E-state index >= 15 is 0 Å². The second kappa shape index (κ2) is 7.75. The minimum Gasteiger partial charge on any atom is -0.456 e. The number of ketones is 1. The minimum absolute atomic E-state index is 0.776. The van der Waals surface area contributed by atoms with Crippen LogP contribution in [-0.4, -0.2) is 64.6 Å². The molecule has 3 N–H and O–H groups in total. The highest BCUT2D eigenvalue weighted by atomic mass is 16.6. The molecular formula is C10H16O8. The summed E-state index contributed by atoms with van der Waals surface area (Å²) in [5.41, 5.74) is 0. The zero-order valence-electron chi connectivity index (χ0n) is 10.0. The Morgan fingerprint density at radius 1 is 1.00 bits per heavy atom. The first-order chi connectivity index (χ1) is 8.33. The van der Waals surface area contributed by atoms with E-state index in [4.69, 9.17) is 10.2 Å². The van der Waals surface area contributed by atoms with Gasteiger partial charge in [-0.15, -0.1) is 0 Å². The van der Waals surface area contributed by atoms with Gasteiger partial charge >= 0.3 is 11.9 Å². The summed E-state index contributed by atoms with van der Waals surface area (Å²) in [6.45, 7) is 0.393. The van der Waals surface area contributed by atoms with Crippen molar-refractivity contribution in [3.05, 3.63) is 0 Å². The van der Waals surface area contributed by atoms with Crippen molar-refractivity contribution in [1.29, 1.82) is 0 Å². The fourth-order valence-corrected chi connectivity index (χ4v) is 1.18. The summed E-state index contributed by atoms with van der Waals surface area (Å²) < 4.78 is 9.19. The lowest BCUT2D eigenvalue weighted by molar-refractivity contribution is -0.175. The van der Waals surface area contributed by atoms with Gasteiger partial charge in [-0.25, -0.2) is 0 Å². The fraction of sp³-hybridized carbons (Fsp3) is 0.700. The molecule has 0 aliphatic heterocycles. The van der Waals surface area contributed by atoms with Crippen molar-refractivity contribution in [3.63, 3.8) is 0 Å².